The molecule has 0 aliphatic rings. The van der Waals surface area contributed by atoms with Crippen molar-refractivity contribution < 1.29 is 15.0 Å². The molecular weight excluding hydrogens is 400 g/mol. The Labute approximate surface area is 177 Å². The first-order chi connectivity index (χ1) is 14.5. The first-order valence-electron chi connectivity index (χ1n) is 9.36. The molecule has 4 N–H and O–H groups in total. The molecule has 0 spiro atoms. The van der Waals surface area contributed by atoms with Crippen LogP contribution in [0.1, 0.15) is 12.5 Å². The average Bonchev–Trinajstić information content (AvgIpc) is 3.18. The Morgan fingerprint density at radius 2 is 1.93 bits per heavy atom. The molecule has 0 bridgehead atoms. The summed E-state index contributed by atoms with van der Waals surface area (Å²) >= 11 is 1.59. The van der Waals surface area contributed by atoms with Gasteiger partial charge in [-0.2, -0.15) is 0 Å². The van der Waals surface area contributed by atoms with Gasteiger partial charge in [-0.1, -0.05) is 30.3 Å². The first kappa shape index (κ1) is 19.8. The number of phenolic OH excluding ortho intramolecular Hbond substituents is 1. The van der Waals surface area contributed by atoms with Crippen molar-refractivity contribution in [2.45, 2.75) is 19.5 Å². The highest BCUT2D eigenvalue weighted by Gasteiger charge is 2.12. The second-order valence-electron chi connectivity index (χ2n) is 6.86. The summed E-state index contributed by atoms with van der Waals surface area (Å²) in [6, 6.07) is 16.3. The third kappa shape index (κ3) is 4.40. The summed E-state index contributed by atoms with van der Waals surface area (Å²) in [5.74, 6) is 0.00274. The van der Waals surface area contributed by atoms with E-state index in [1.807, 2.05) is 36.4 Å². The highest BCUT2D eigenvalue weighted by Crippen LogP contribution is 2.36. The number of aliphatic carboxylic acids is 1. The lowest BCUT2D eigenvalue weighted by atomic mass is 10.1. The molecule has 0 fully saturated rings. The summed E-state index contributed by atoms with van der Waals surface area (Å²) in [5.41, 5.74) is 3.65. The van der Waals surface area contributed by atoms with Crippen LogP contribution >= 0.6 is 11.3 Å². The van der Waals surface area contributed by atoms with Gasteiger partial charge in [0.2, 0.25) is 0 Å². The molecule has 0 aliphatic heterocycles. The maximum Gasteiger partial charge on any atom is 0.320 e. The van der Waals surface area contributed by atoms with E-state index in [0.29, 0.717) is 12.4 Å². The van der Waals surface area contributed by atoms with Crippen molar-refractivity contribution in [3.05, 3.63) is 66.5 Å². The number of carbonyl (C=O) groups is 1. The minimum absolute atomic E-state index is 0.185. The molecule has 0 saturated carbocycles. The van der Waals surface area contributed by atoms with Gasteiger partial charge in [0.25, 0.3) is 0 Å². The number of aromatic hydroxyl groups is 1. The normalized spacial score (nSPS) is 12.0. The van der Waals surface area contributed by atoms with E-state index in [0.717, 1.165) is 31.9 Å². The van der Waals surface area contributed by atoms with Gasteiger partial charge in [0.15, 0.2) is 5.82 Å². The van der Waals surface area contributed by atoms with Crippen LogP contribution in [0.2, 0.25) is 0 Å². The van der Waals surface area contributed by atoms with Gasteiger partial charge in [0.1, 0.15) is 18.1 Å². The van der Waals surface area contributed by atoms with E-state index < -0.39 is 12.0 Å². The molecule has 1 unspecified atom stereocenters. The lowest BCUT2D eigenvalue weighted by Crippen LogP contribution is -2.33. The maximum absolute atomic E-state index is 10.9. The second-order valence-corrected chi connectivity index (χ2v) is 7.91. The SMILES string of the molecule is CC(NCc1ccc(-c2cc3ncnc(Nc4cccc(O)c4)c3s2)cc1)C(=O)O. The third-order valence-corrected chi connectivity index (χ3v) is 5.82. The summed E-state index contributed by atoms with van der Waals surface area (Å²) in [6.07, 6.45) is 1.52. The molecule has 0 amide bonds. The number of hydrogen-bond acceptors (Lipinski definition) is 7. The predicted molar refractivity (Wildman–Crippen MR) is 118 cm³/mol. The number of nitrogens with zero attached hydrogens (tertiary/aromatic N) is 2. The molecule has 2 aromatic heterocycles. The van der Waals surface area contributed by atoms with Crippen LogP contribution in [0, 0.1) is 0 Å². The van der Waals surface area contributed by atoms with Gasteiger partial charge in [0.05, 0.1) is 10.2 Å². The Bertz CT molecular complexity index is 1190. The number of phenols is 1. The zero-order chi connectivity index (χ0) is 21.1. The molecule has 4 rings (SSSR count). The average molecular weight is 420 g/mol. The summed E-state index contributed by atoms with van der Waals surface area (Å²) in [6.45, 7) is 2.11. The lowest BCUT2D eigenvalue weighted by molar-refractivity contribution is -0.139. The van der Waals surface area contributed by atoms with Crippen molar-refractivity contribution in [3.8, 4) is 16.2 Å². The number of rotatable bonds is 7. The number of nitrogens with one attached hydrogen (secondary N) is 2. The van der Waals surface area contributed by atoms with Crippen molar-refractivity contribution >= 4 is 39.0 Å². The molecule has 7 nitrogen and oxygen atoms in total. The highest BCUT2D eigenvalue weighted by molar-refractivity contribution is 7.22. The predicted octanol–water partition coefficient (Wildman–Crippen LogP) is 4.37. The quantitative estimate of drug-likeness (QED) is 0.352. The van der Waals surface area contributed by atoms with Crippen LogP contribution in [0.5, 0.6) is 5.75 Å². The van der Waals surface area contributed by atoms with Gasteiger partial charge in [0, 0.05) is 23.2 Å². The van der Waals surface area contributed by atoms with Crippen LogP contribution in [0.15, 0.2) is 60.9 Å². The number of aromatic nitrogens is 2. The van der Waals surface area contributed by atoms with Crippen LogP contribution in [-0.4, -0.2) is 32.2 Å². The zero-order valence-electron chi connectivity index (χ0n) is 16.2. The Kier molecular flexibility index (Phi) is 5.60. The smallest absolute Gasteiger partial charge is 0.320 e. The summed E-state index contributed by atoms with van der Waals surface area (Å²) in [5, 5.41) is 24.8. The van der Waals surface area contributed by atoms with E-state index in [2.05, 4.69) is 20.6 Å². The van der Waals surface area contributed by atoms with Crippen LogP contribution in [0.25, 0.3) is 20.7 Å². The van der Waals surface area contributed by atoms with Crippen molar-refractivity contribution in [2.75, 3.05) is 5.32 Å². The van der Waals surface area contributed by atoms with Crippen LogP contribution in [0.4, 0.5) is 11.5 Å². The van der Waals surface area contributed by atoms with Crippen molar-refractivity contribution in [1.29, 1.82) is 0 Å². The summed E-state index contributed by atoms with van der Waals surface area (Å²) in [4.78, 5) is 20.7. The van der Waals surface area contributed by atoms with Gasteiger partial charge in [-0.05, 0) is 36.2 Å². The molecule has 0 saturated heterocycles. The molecule has 8 heteroatoms. The van der Waals surface area contributed by atoms with Gasteiger partial charge in [-0.3, -0.25) is 4.79 Å². The van der Waals surface area contributed by atoms with Crippen molar-refractivity contribution in [2.24, 2.45) is 0 Å². The Hall–Kier alpha value is -3.49. The van der Waals surface area contributed by atoms with E-state index in [1.54, 1.807) is 36.5 Å². The van der Waals surface area contributed by atoms with Crippen molar-refractivity contribution in [3.63, 3.8) is 0 Å². The van der Waals surface area contributed by atoms with Crippen LogP contribution in [-0.2, 0) is 11.3 Å². The monoisotopic (exact) mass is 420 g/mol. The molecule has 0 radical (unpaired) electrons. The number of carboxylic acid groups (broad SMARTS) is 1. The van der Waals surface area contributed by atoms with Gasteiger partial charge in [-0.15, -0.1) is 11.3 Å². The zero-order valence-corrected chi connectivity index (χ0v) is 17.0. The fourth-order valence-corrected chi connectivity index (χ4v) is 4.01. The van der Waals surface area contributed by atoms with Gasteiger partial charge >= 0.3 is 5.97 Å². The minimum atomic E-state index is -0.867. The number of fused-ring (bicyclic) bond motifs is 1. The van der Waals surface area contributed by atoms with Crippen LogP contribution < -0.4 is 10.6 Å². The topological polar surface area (TPSA) is 107 Å². The fraction of sp³-hybridized carbons (Fsp3) is 0.136. The fourth-order valence-electron chi connectivity index (χ4n) is 2.95. The highest BCUT2D eigenvalue weighted by atomic mass is 32.1. The molecular formula is C22H20N4O3S. The van der Waals surface area contributed by atoms with E-state index in [4.69, 9.17) is 5.11 Å². The molecule has 0 aliphatic carbocycles. The molecule has 152 valence electrons. The Morgan fingerprint density at radius 1 is 1.13 bits per heavy atom. The van der Waals surface area contributed by atoms with E-state index >= 15 is 0 Å². The van der Waals surface area contributed by atoms with Gasteiger partial charge in [-0.25, -0.2) is 9.97 Å². The summed E-state index contributed by atoms with van der Waals surface area (Å²) < 4.78 is 0.928. The number of thiophene rings is 1. The Morgan fingerprint density at radius 3 is 2.67 bits per heavy atom. The lowest BCUT2D eigenvalue weighted by Gasteiger charge is -2.09. The van der Waals surface area contributed by atoms with Crippen molar-refractivity contribution in [1.82, 2.24) is 15.3 Å². The summed E-state index contributed by atoms with van der Waals surface area (Å²) in [7, 11) is 0. The number of benzene rings is 2. The number of carboxylic acids is 1. The molecule has 1 atom stereocenters. The second kappa shape index (κ2) is 8.48. The van der Waals surface area contributed by atoms with Crippen LogP contribution in [0.3, 0.4) is 0 Å². The molecule has 2 aromatic carbocycles. The van der Waals surface area contributed by atoms with E-state index in [9.17, 15) is 9.90 Å². The molecule has 30 heavy (non-hydrogen) atoms. The number of anilines is 2. The largest absolute Gasteiger partial charge is 0.508 e. The molecule has 4 aromatic rings. The Balaban J connectivity index is 1.56. The minimum Gasteiger partial charge on any atom is -0.508 e. The number of hydrogen-bond donors (Lipinski definition) is 4. The maximum atomic E-state index is 10.9. The van der Waals surface area contributed by atoms with Gasteiger partial charge < -0.3 is 20.8 Å². The van der Waals surface area contributed by atoms with E-state index in [1.165, 1.54) is 6.33 Å². The molecule has 2 heterocycles. The first-order valence-corrected chi connectivity index (χ1v) is 10.2. The third-order valence-electron chi connectivity index (χ3n) is 4.64. The standard InChI is InChI=1S/C22H20N4O3S/c1-13(22(28)29)23-11-14-5-7-15(8-6-14)19-10-18-20(30-19)21(25-12-24-18)26-16-3-2-4-17(27)9-16/h2-10,12-13,23,27H,11H2,1H3,(H,28,29)(H,24,25,26). The van der Waals surface area contributed by atoms with E-state index in [-0.39, 0.29) is 5.75 Å².